The van der Waals surface area contributed by atoms with Crippen LogP contribution in [-0.2, 0) is 52.9 Å². The maximum Gasteiger partial charge on any atom is 2.00 e. The minimum absolute atomic E-state index is 0. The van der Waals surface area contributed by atoms with Crippen molar-refractivity contribution in [3.63, 3.8) is 0 Å². The molecule has 0 spiro atoms. The van der Waals surface area contributed by atoms with Gasteiger partial charge in [0.05, 0.1) is 11.2 Å². The molecule has 0 radical (unpaired) electrons. The Bertz CT molecular complexity index is 965. The van der Waals surface area contributed by atoms with Crippen molar-refractivity contribution in [2.24, 2.45) is 10.8 Å². The van der Waals surface area contributed by atoms with Crippen LogP contribution in [0.15, 0.2) is 83.1 Å². The first kappa shape index (κ1) is 42.0. The van der Waals surface area contributed by atoms with Crippen LogP contribution in [0.3, 0.4) is 0 Å². The second-order valence-corrected chi connectivity index (χ2v) is 12.3. The summed E-state index contributed by atoms with van der Waals surface area (Å²) in [5.74, 6) is 0. The molecule has 2 nitrogen and oxygen atoms in total. The van der Waals surface area contributed by atoms with Gasteiger partial charge in [0.25, 0.3) is 0 Å². The van der Waals surface area contributed by atoms with Crippen molar-refractivity contribution < 1.29 is 77.7 Å². The molecule has 0 aromatic carbocycles. The first-order valence-corrected chi connectivity index (χ1v) is 13.3. The number of hydrogen-bond acceptors (Lipinski definition) is 2. The Kier molecular flexibility index (Phi) is 18.7. The molecule has 0 aromatic heterocycles. The molecular formula is C34H46Cl2O2Ti2. The second kappa shape index (κ2) is 17.8. The summed E-state index contributed by atoms with van der Waals surface area (Å²) in [6.45, 7) is 13.5. The number of halogens is 2. The summed E-state index contributed by atoms with van der Waals surface area (Å²) in [4.78, 5) is 0. The van der Waals surface area contributed by atoms with Gasteiger partial charge < -0.3 is 34.3 Å². The molecule has 2 atom stereocenters. The molecule has 4 aliphatic rings. The molecule has 0 bridgehead atoms. The van der Waals surface area contributed by atoms with Gasteiger partial charge in [-0.2, -0.15) is 12.2 Å². The third kappa shape index (κ3) is 10.5. The summed E-state index contributed by atoms with van der Waals surface area (Å²) < 4.78 is 11.9. The smallest absolute Gasteiger partial charge is 1.00 e. The Morgan fingerprint density at radius 2 is 1.00 bits per heavy atom. The average molecular weight is 653 g/mol. The molecule has 0 amide bonds. The molecular weight excluding hydrogens is 607 g/mol. The minimum Gasteiger partial charge on any atom is -1.00 e. The molecule has 0 saturated carbocycles. The Hall–Kier alpha value is -0.151. The van der Waals surface area contributed by atoms with Crippen molar-refractivity contribution >= 4 is 0 Å². The maximum atomic E-state index is 5.97. The van der Waals surface area contributed by atoms with Gasteiger partial charge in [0.1, 0.15) is 0 Å². The van der Waals surface area contributed by atoms with Crippen LogP contribution in [-0.4, -0.2) is 25.4 Å². The summed E-state index contributed by atoms with van der Waals surface area (Å²) in [5.41, 5.74) is 5.20. The molecule has 40 heavy (non-hydrogen) atoms. The van der Waals surface area contributed by atoms with E-state index < -0.39 is 0 Å². The Balaban J connectivity index is 0. The number of methoxy groups -OCH3 is 2. The standard InChI is InChI=1S/2C17H23O.2ClH.2Ti/c2*1-16(2,3)15-11-7-8-12-17(15,18-4)13-14-9-5-6-10-14;;;;/h2*5,7-9,11H,6,12-13H2,1-4H3;2*1H;;/q2*-1;;;2*+2/p-2. The fraction of sp³-hybridized carbons (Fsp3) is 0.529. The van der Waals surface area contributed by atoms with Crippen LogP contribution >= 0.6 is 0 Å². The van der Waals surface area contributed by atoms with Crippen molar-refractivity contribution in [2.45, 2.75) is 91.3 Å². The molecule has 4 rings (SSSR count). The normalized spacial score (nSPS) is 24.6. The summed E-state index contributed by atoms with van der Waals surface area (Å²) in [6.07, 6.45) is 34.3. The average Bonchev–Trinajstić information content (AvgIpc) is 3.53. The van der Waals surface area contributed by atoms with Gasteiger partial charge in [0.2, 0.25) is 0 Å². The molecule has 0 aromatic rings. The summed E-state index contributed by atoms with van der Waals surface area (Å²) in [5, 5.41) is 0. The Morgan fingerprint density at radius 1 is 0.650 bits per heavy atom. The van der Waals surface area contributed by atoms with Crippen LogP contribution in [0.4, 0.5) is 0 Å². The third-order valence-electron chi connectivity index (χ3n) is 7.56. The zero-order valence-electron chi connectivity index (χ0n) is 25.6. The first-order valence-electron chi connectivity index (χ1n) is 13.3. The molecule has 6 heteroatoms. The van der Waals surface area contributed by atoms with Gasteiger partial charge in [-0.1, -0.05) is 78.0 Å². The van der Waals surface area contributed by atoms with E-state index in [9.17, 15) is 0 Å². The van der Waals surface area contributed by atoms with Gasteiger partial charge >= 0.3 is 43.4 Å². The molecule has 0 fully saturated rings. The van der Waals surface area contributed by atoms with Crippen molar-refractivity contribution in [1.82, 2.24) is 0 Å². The van der Waals surface area contributed by atoms with E-state index in [1.807, 2.05) is 14.2 Å². The number of ether oxygens (including phenoxy) is 2. The maximum absolute atomic E-state index is 5.97. The summed E-state index contributed by atoms with van der Waals surface area (Å²) in [7, 11) is 3.66. The van der Waals surface area contributed by atoms with Crippen LogP contribution in [0.5, 0.6) is 0 Å². The minimum atomic E-state index is -0.190. The van der Waals surface area contributed by atoms with Gasteiger partial charge in [-0.15, -0.1) is 12.8 Å². The fourth-order valence-electron chi connectivity index (χ4n) is 5.86. The van der Waals surface area contributed by atoms with Gasteiger partial charge in [-0.3, -0.25) is 12.2 Å². The van der Waals surface area contributed by atoms with E-state index in [0.717, 1.165) is 38.5 Å². The number of allylic oxidation sites excluding steroid dienone is 10. The monoisotopic (exact) mass is 652 g/mol. The van der Waals surface area contributed by atoms with Gasteiger partial charge in [-0.25, -0.2) is 23.3 Å². The van der Waals surface area contributed by atoms with Crippen molar-refractivity contribution in [1.29, 1.82) is 0 Å². The van der Waals surface area contributed by atoms with Crippen LogP contribution in [0, 0.1) is 23.0 Å². The van der Waals surface area contributed by atoms with Crippen molar-refractivity contribution in [3.8, 4) is 0 Å². The number of hydrogen-bond donors (Lipinski definition) is 0. The quantitative estimate of drug-likeness (QED) is 0.325. The van der Waals surface area contributed by atoms with E-state index >= 15 is 0 Å². The SMILES string of the molecule is COC1(CC2=[C-]CC=C2)CC=CC=C1C(C)(C)C.COC1(CC2=[C-]CC=C2)CC=CC=C1C(C)(C)C.[Cl-].[Cl-].[Ti+2].[Ti+2]. The van der Waals surface area contributed by atoms with Gasteiger partial charge in [-0.05, 0) is 47.7 Å². The van der Waals surface area contributed by atoms with E-state index in [1.165, 1.54) is 22.3 Å². The van der Waals surface area contributed by atoms with Crippen LogP contribution < -0.4 is 24.8 Å². The molecule has 0 heterocycles. The van der Waals surface area contributed by atoms with Crippen molar-refractivity contribution in [3.05, 3.63) is 95.2 Å². The van der Waals surface area contributed by atoms with E-state index in [-0.39, 0.29) is 90.3 Å². The largest absolute Gasteiger partial charge is 2.00 e. The summed E-state index contributed by atoms with van der Waals surface area (Å²) >= 11 is 0. The first-order chi connectivity index (χ1) is 17.0. The van der Waals surface area contributed by atoms with E-state index in [4.69, 9.17) is 9.47 Å². The molecule has 4 aliphatic carbocycles. The van der Waals surface area contributed by atoms with Gasteiger partial charge in [0, 0.05) is 14.2 Å². The third-order valence-corrected chi connectivity index (χ3v) is 7.56. The van der Waals surface area contributed by atoms with Crippen molar-refractivity contribution in [2.75, 3.05) is 14.2 Å². The number of rotatable bonds is 6. The van der Waals surface area contributed by atoms with E-state index in [2.05, 4.69) is 114 Å². The van der Waals surface area contributed by atoms with Crippen LogP contribution in [0.1, 0.15) is 80.1 Å². The second-order valence-electron chi connectivity index (χ2n) is 12.3. The van der Waals surface area contributed by atoms with E-state index in [0.29, 0.717) is 0 Å². The zero-order valence-corrected chi connectivity index (χ0v) is 30.2. The predicted octanol–water partition coefficient (Wildman–Crippen LogP) is 2.77. The molecule has 216 valence electrons. The topological polar surface area (TPSA) is 18.5 Å². The fourth-order valence-corrected chi connectivity index (χ4v) is 5.86. The Morgan fingerprint density at radius 3 is 1.25 bits per heavy atom. The van der Waals surface area contributed by atoms with E-state index in [1.54, 1.807) is 0 Å². The molecule has 0 aliphatic heterocycles. The van der Waals surface area contributed by atoms with Gasteiger partial charge in [0.15, 0.2) is 0 Å². The molecule has 2 unspecified atom stereocenters. The zero-order chi connectivity index (χ0) is 26.5. The Labute approximate surface area is 287 Å². The predicted molar refractivity (Wildman–Crippen MR) is 152 cm³/mol. The summed E-state index contributed by atoms with van der Waals surface area (Å²) in [6, 6.07) is 0. The molecule has 0 saturated heterocycles. The van der Waals surface area contributed by atoms with Crippen LogP contribution in [0.2, 0.25) is 0 Å². The molecule has 0 N–H and O–H groups in total. The van der Waals surface area contributed by atoms with Crippen LogP contribution in [0.25, 0.3) is 0 Å².